The van der Waals surface area contributed by atoms with Crippen molar-refractivity contribution >= 4 is 50.1 Å². The predicted molar refractivity (Wildman–Crippen MR) is 83.6 cm³/mol. The van der Waals surface area contributed by atoms with Gasteiger partial charge in [0.1, 0.15) is 11.2 Å². The van der Waals surface area contributed by atoms with E-state index in [0.29, 0.717) is 11.0 Å². The van der Waals surface area contributed by atoms with Gasteiger partial charge >= 0.3 is 0 Å². The zero-order valence-electron chi connectivity index (χ0n) is 11.2. The Kier molecular flexibility index (Phi) is 3.67. The fourth-order valence-electron chi connectivity index (χ4n) is 1.92. The van der Waals surface area contributed by atoms with Crippen LogP contribution < -0.4 is 4.72 Å². The molecule has 2 aromatic heterocycles. The first-order valence-electron chi connectivity index (χ1n) is 5.99. The first-order valence-corrected chi connectivity index (χ1v) is 8.23. The third kappa shape index (κ3) is 2.49. The number of nitrogens with one attached hydrogen (secondary N) is 1. The summed E-state index contributed by atoms with van der Waals surface area (Å²) in [6.07, 6.45) is 2.73. The van der Waals surface area contributed by atoms with E-state index in [1.54, 1.807) is 7.05 Å². The number of halogens is 2. The molecule has 1 N–H and O–H groups in total. The molecule has 22 heavy (non-hydrogen) atoms. The van der Waals surface area contributed by atoms with Gasteiger partial charge in [0.05, 0.1) is 21.6 Å². The minimum Gasteiger partial charge on any atom is -0.263 e. The van der Waals surface area contributed by atoms with Crippen molar-refractivity contribution in [2.75, 3.05) is 4.72 Å². The summed E-state index contributed by atoms with van der Waals surface area (Å²) in [6.45, 7) is 0. The zero-order chi connectivity index (χ0) is 15.9. The lowest BCUT2D eigenvalue weighted by atomic mass is 10.4. The Labute approximate surface area is 135 Å². The van der Waals surface area contributed by atoms with E-state index >= 15 is 0 Å². The summed E-state index contributed by atoms with van der Waals surface area (Å²) < 4.78 is 28.9. The molecule has 3 aromatic rings. The number of aromatic nitrogens is 4. The molecule has 7 nitrogen and oxygen atoms in total. The van der Waals surface area contributed by atoms with Gasteiger partial charge in [-0.15, -0.1) is 0 Å². The lowest BCUT2D eigenvalue weighted by molar-refractivity contribution is 0.601. The van der Waals surface area contributed by atoms with Crippen molar-refractivity contribution in [2.24, 2.45) is 7.05 Å². The summed E-state index contributed by atoms with van der Waals surface area (Å²) in [7, 11) is -2.25. The molecular formula is C12H9Cl2N5O2S. The van der Waals surface area contributed by atoms with Crippen molar-refractivity contribution < 1.29 is 8.42 Å². The maximum absolute atomic E-state index is 12.5. The van der Waals surface area contributed by atoms with Crippen LogP contribution in [0.5, 0.6) is 0 Å². The van der Waals surface area contributed by atoms with E-state index in [4.69, 9.17) is 23.2 Å². The zero-order valence-corrected chi connectivity index (χ0v) is 13.5. The van der Waals surface area contributed by atoms with Crippen molar-refractivity contribution in [3.8, 4) is 0 Å². The van der Waals surface area contributed by atoms with E-state index in [9.17, 15) is 8.42 Å². The molecule has 0 radical (unpaired) electrons. The highest BCUT2D eigenvalue weighted by Gasteiger charge is 2.21. The molecular weight excluding hydrogens is 349 g/mol. The van der Waals surface area contributed by atoms with E-state index in [1.807, 2.05) is 0 Å². The van der Waals surface area contributed by atoms with Gasteiger partial charge in [-0.3, -0.25) is 9.40 Å². The van der Waals surface area contributed by atoms with Crippen molar-refractivity contribution in [3.63, 3.8) is 0 Å². The minimum atomic E-state index is -3.94. The van der Waals surface area contributed by atoms with Crippen LogP contribution in [-0.2, 0) is 17.1 Å². The number of benzene rings is 1. The van der Waals surface area contributed by atoms with Crippen molar-refractivity contribution in [3.05, 3.63) is 40.8 Å². The smallest absolute Gasteiger partial charge is 0.263 e. The Morgan fingerprint density at radius 3 is 2.77 bits per heavy atom. The second-order valence-electron chi connectivity index (χ2n) is 4.39. The maximum Gasteiger partial charge on any atom is 0.264 e. The fraction of sp³-hybridized carbons (Fsp3) is 0.0833. The highest BCUT2D eigenvalue weighted by Crippen LogP contribution is 2.30. The van der Waals surface area contributed by atoms with E-state index in [-0.39, 0.29) is 20.8 Å². The Morgan fingerprint density at radius 2 is 2.00 bits per heavy atom. The molecule has 0 aliphatic heterocycles. The van der Waals surface area contributed by atoms with Crippen molar-refractivity contribution in [1.82, 2.24) is 19.7 Å². The summed E-state index contributed by atoms with van der Waals surface area (Å²) in [4.78, 5) is 7.87. The molecule has 0 fully saturated rings. The largest absolute Gasteiger partial charge is 0.264 e. The van der Waals surface area contributed by atoms with Crippen LogP contribution in [0.25, 0.3) is 11.0 Å². The minimum absolute atomic E-state index is 0.0480. The Bertz CT molecular complexity index is 971. The molecule has 0 saturated heterocycles. The second kappa shape index (κ2) is 5.38. The van der Waals surface area contributed by atoms with Crippen LogP contribution in [0.1, 0.15) is 0 Å². The third-order valence-corrected chi connectivity index (χ3v) is 5.28. The van der Waals surface area contributed by atoms with Gasteiger partial charge in [0.15, 0.2) is 11.5 Å². The molecule has 0 atom stereocenters. The van der Waals surface area contributed by atoms with Gasteiger partial charge in [-0.1, -0.05) is 29.3 Å². The lowest BCUT2D eigenvalue weighted by Crippen LogP contribution is -2.15. The van der Waals surface area contributed by atoms with Gasteiger partial charge in [-0.25, -0.2) is 18.4 Å². The number of hydrogen-bond donors (Lipinski definition) is 1. The van der Waals surface area contributed by atoms with Crippen LogP contribution in [0.4, 0.5) is 5.82 Å². The molecule has 0 aliphatic carbocycles. The molecule has 0 unspecified atom stereocenters. The third-order valence-electron chi connectivity index (χ3n) is 2.97. The molecule has 1 aromatic carbocycles. The number of fused-ring (bicyclic) bond motifs is 1. The van der Waals surface area contributed by atoms with Crippen LogP contribution in [0.15, 0.2) is 35.6 Å². The Morgan fingerprint density at radius 1 is 1.23 bits per heavy atom. The molecule has 0 amide bonds. The number of anilines is 1. The second-order valence-corrected chi connectivity index (χ2v) is 6.82. The number of sulfonamides is 1. The summed E-state index contributed by atoms with van der Waals surface area (Å²) in [5.74, 6) is 0.120. The summed E-state index contributed by atoms with van der Waals surface area (Å²) in [5.41, 5.74) is 0.505. The molecule has 0 bridgehead atoms. The van der Waals surface area contributed by atoms with Crippen LogP contribution in [0.2, 0.25) is 10.0 Å². The summed E-state index contributed by atoms with van der Waals surface area (Å²) >= 11 is 11.8. The molecule has 0 spiro atoms. The number of aryl methyl sites for hydroxylation is 1. The molecule has 114 valence electrons. The number of rotatable bonds is 3. The number of nitrogens with zero attached hydrogens (tertiary/aromatic N) is 4. The van der Waals surface area contributed by atoms with Crippen molar-refractivity contribution in [1.29, 1.82) is 0 Å². The van der Waals surface area contributed by atoms with E-state index in [2.05, 4.69) is 19.8 Å². The van der Waals surface area contributed by atoms with Gasteiger partial charge in [0.25, 0.3) is 10.0 Å². The number of hydrogen-bond acceptors (Lipinski definition) is 5. The van der Waals surface area contributed by atoms with Crippen molar-refractivity contribution in [2.45, 2.75) is 4.90 Å². The van der Waals surface area contributed by atoms with E-state index in [0.717, 1.165) is 0 Å². The van der Waals surface area contributed by atoms with Gasteiger partial charge in [-0.2, -0.15) is 5.10 Å². The topological polar surface area (TPSA) is 89.8 Å². The first kappa shape index (κ1) is 15.0. The molecule has 0 aliphatic rings. The highest BCUT2D eigenvalue weighted by molar-refractivity contribution is 7.92. The van der Waals surface area contributed by atoms with Crippen LogP contribution >= 0.6 is 23.2 Å². The van der Waals surface area contributed by atoms with Gasteiger partial charge in [-0.05, 0) is 12.1 Å². The van der Waals surface area contributed by atoms with Gasteiger partial charge in [0, 0.05) is 7.05 Å². The van der Waals surface area contributed by atoms with E-state index < -0.39 is 10.0 Å². The van der Waals surface area contributed by atoms with Crippen LogP contribution in [0.3, 0.4) is 0 Å². The summed E-state index contributed by atoms with van der Waals surface area (Å²) in [6, 6.07) is 4.37. The standard InChI is InChI=1S/C12H9Cl2N5O2S/c1-19-12-7(5-17-19)11(15-6-16-12)18-22(20,21)9-4-2-3-8(13)10(9)14/h2-6H,1H3,(H,15,16,18). The van der Waals surface area contributed by atoms with Gasteiger partial charge in [0.2, 0.25) is 0 Å². The quantitative estimate of drug-likeness (QED) is 0.777. The average molecular weight is 358 g/mol. The first-order chi connectivity index (χ1) is 10.4. The monoisotopic (exact) mass is 357 g/mol. The maximum atomic E-state index is 12.5. The highest BCUT2D eigenvalue weighted by atomic mass is 35.5. The predicted octanol–water partition coefficient (Wildman–Crippen LogP) is 2.47. The molecule has 2 heterocycles. The van der Waals surface area contributed by atoms with Crippen LogP contribution in [0, 0.1) is 0 Å². The molecule has 10 heteroatoms. The SMILES string of the molecule is Cn1ncc2c(NS(=O)(=O)c3cccc(Cl)c3Cl)ncnc21. The molecule has 0 saturated carbocycles. The molecule has 3 rings (SSSR count). The summed E-state index contributed by atoms with van der Waals surface area (Å²) in [5, 5.41) is 4.61. The lowest BCUT2D eigenvalue weighted by Gasteiger charge is -2.10. The van der Waals surface area contributed by atoms with Crippen LogP contribution in [-0.4, -0.2) is 28.2 Å². The van der Waals surface area contributed by atoms with Gasteiger partial charge < -0.3 is 0 Å². The normalized spacial score (nSPS) is 11.8. The Balaban J connectivity index is 2.09. The Hall–Kier alpha value is -1.90. The fourth-order valence-corrected chi connectivity index (χ4v) is 3.71. The van der Waals surface area contributed by atoms with E-state index in [1.165, 1.54) is 35.4 Å². The average Bonchev–Trinajstić information content (AvgIpc) is 2.84.